The topological polar surface area (TPSA) is 26.0 Å². The quantitative estimate of drug-likeness (QED) is 0.491. The van der Waals surface area contributed by atoms with Crippen LogP contribution in [0, 0.1) is 3.57 Å². The van der Waals surface area contributed by atoms with Crippen molar-refractivity contribution in [3.63, 3.8) is 0 Å². The molecule has 0 saturated heterocycles. The van der Waals surface area contributed by atoms with E-state index in [4.69, 9.17) is 5.73 Å². The summed E-state index contributed by atoms with van der Waals surface area (Å²) in [6, 6.07) is 4.05. The Balaban J connectivity index is 2.87. The molecular formula is C9H8INS2. The van der Waals surface area contributed by atoms with Crippen molar-refractivity contribution in [2.75, 3.05) is 12.0 Å². The Morgan fingerprint density at radius 2 is 2.23 bits per heavy atom. The molecule has 1 aromatic carbocycles. The van der Waals surface area contributed by atoms with Crippen LogP contribution in [0.1, 0.15) is 0 Å². The van der Waals surface area contributed by atoms with Crippen molar-refractivity contribution in [1.82, 2.24) is 0 Å². The summed E-state index contributed by atoms with van der Waals surface area (Å²) in [5, 5.41) is 3.49. The van der Waals surface area contributed by atoms with Crippen LogP contribution in [0.4, 0.5) is 5.69 Å². The van der Waals surface area contributed by atoms with Crippen LogP contribution in [-0.2, 0) is 0 Å². The molecular weight excluding hydrogens is 313 g/mol. The Labute approximate surface area is 98.8 Å². The molecule has 2 N–H and O–H groups in total. The van der Waals surface area contributed by atoms with Crippen LogP contribution >= 0.6 is 45.7 Å². The zero-order valence-corrected chi connectivity index (χ0v) is 10.8. The van der Waals surface area contributed by atoms with E-state index in [0.29, 0.717) is 0 Å². The van der Waals surface area contributed by atoms with Gasteiger partial charge in [-0.05, 0) is 41.0 Å². The second-order valence-corrected chi connectivity index (χ2v) is 5.53. The standard InChI is InChI=1S/C9H8INS2/c1-12-7-4-13-9-6(11)3-2-5(10)8(7)9/h2-4H,11H2,1H3. The number of nitrogen functional groups attached to an aromatic ring is 1. The van der Waals surface area contributed by atoms with E-state index in [2.05, 4.69) is 40.3 Å². The van der Waals surface area contributed by atoms with Crippen LogP contribution < -0.4 is 5.73 Å². The van der Waals surface area contributed by atoms with Crippen molar-refractivity contribution < 1.29 is 0 Å². The predicted molar refractivity (Wildman–Crippen MR) is 70.7 cm³/mol. The molecule has 0 spiro atoms. The number of benzene rings is 1. The number of thioether (sulfide) groups is 1. The van der Waals surface area contributed by atoms with Crippen molar-refractivity contribution in [2.45, 2.75) is 4.90 Å². The normalized spacial score (nSPS) is 10.9. The van der Waals surface area contributed by atoms with E-state index in [9.17, 15) is 0 Å². The largest absolute Gasteiger partial charge is 0.398 e. The van der Waals surface area contributed by atoms with E-state index in [1.54, 1.807) is 23.1 Å². The number of hydrogen-bond donors (Lipinski definition) is 1. The summed E-state index contributed by atoms with van der Waals surface area (Å²) < 4.78 is 2.50. The second-order valence-electron chi connectivity index (χ2n) is 2.64. The molecule has 0 aliphatic rings. The number of nitrogens with two attached hydrogens (primary N) is 1. The number of rotatable bonds is 1. The lowest BCUT2D eigenvalue weighted by atomic mass is 10.2. The molecule has 0 aliphatic heterocycles. The number of anilines is 1. The van der Waals surface area contributed by atoms with Crippen LogP contribution in [0.25, 0.3) is 10.1 Å². The average Bonchev–Trinajstić information content (AvgIpc) is 2.56. The summed E-state index contributed by atoms with van der Waals surface area (Å²) in [5.74, 6) is 0. The monoisotopic (exact) mass is 321 g/mol. The van der Waals surface area contributed by atoms with Gasteiger partial charge in [0.15, 0.2) is 0 Å². The summed E-state index contributed by atoms with van der Waals surface area (Å²) in [6.07, 6.45) is 2.10. The minimum Gasteiger partial charge on any atom is -0.398 e. The summed E-state index contributed by atoms with van der Waals surface area (Å²) in [5.41, 5.74) is 6.78. The lowest BCUT2D eigenvalue weighted by molar-refractivity contribution is 1.63. The van der Waals surface area contributed by atoms with Crippen LogP contribution in [-0.4, -0.2) is 6.26 Å². The van der Waals surface area contributed by atoms with Gasteiger partial charge < -0.3 is 5.73 Å². The maximum atomic E-state index is 5.89. The zero-order valence-electron chi connectivity index (χ0n) is 7.00. The number of fused-ring (bicyclic) bond motifs is 1. The first-order chi connectivity index (χ1) is 6.24. The van der Waals surface area contributed by atoms with E-state index in [1.165, 1.54) is 18.6 Å². The van der Waals surface area contributed by atoms with Gasteiger partial charge in [-0.2, -0.15) is 0 Å². The van der Waals surface area contributed by atoms with Gasteiger partial charge in [-0.3, -0.25) is 0 Å². The molecule has 4 heteroatoms. The van der Waals surface area contributed by atoms with E-state index in [0.717, 1.165) is 5.69 Å². The molecule has 2 rings (SSSR count). The molecule has 0 atom stereocenters. The molecule has 13 heavy (non-hydrogen) atoms. The summed E-state index contributed by atoms with van der Waals surface area (Å²) >= 11 is 5.86. The van der Waals surface area contributed by atoms with Crippen molar-refractivity contribution in [3.8, 4) is 0 Å². The van der Waals surface area contributed by atoms with E-state index >= 15 is 0 Å². The Kier molecular flexibility index (Phi) is 2.71. The third-order valence-electron chi connectivity index (χ3n) is 1.89. The first-order valence-corrected chi connectivity index (χ1v) is 6.91. The third-order valence-corrected chi connectivity index (χ3v) is 4.73. The fourth-order valence-corrected chi connectivity index (χ4v) is 4.25. The highest BCUT2D eigenvalue weighted by Gasteiger charge is 2.08. The molecule has 0 amide bonds. The van der Waals surface area contributed by atoms with Gasteiger partial charge in [0, 0.05) is 24.9 Å². The van der Waals surface area contributed by atoms with Crippen molar-refractivity contribution >= 4 is 61.5 Å². The molecule has 0 fully saturated rings. The van der Waals surface area contributed by atoms with Crippen molar-refractivity contribution in [2.24, 2.45) is 0 Å². The van der Waals surface area contributed by atoms with Gasteiger partial charge in [-0.15, -0.1) is 23.1 Å². The summed E-state index contributed by atoms with van der Waals surface area (Å²) in [6.45, 7) is 0. The molecule has 1 nitrogen and oxygen atoms in total. The average molecular weight is 321 g/mol. The maximum Gasteiger partial charge on any atom is 0.0594 e. The predicted octanol–water partition coefficient (Wildman–Crippen LogP) is 3.81. The Morgan fingerprint density at radius 1 is 1.46 bits per heavy atom. The smallest absolute Gasteiger partial charge is 0.0594 e. The van der Waals surface area contributed by atoms with E-state index in [1.807, 2.05) is 6.07 Å². The fraction of sp³-hybridized carbons (Fsp3) is 0.111. The van der Waals surface area contributed by atoms with Crippen LogP contribution in [0.15, 0.2) is 22.4 Å². The lowest BCUT2D eigenvalue weighted by Crippen LogP contribution is -1.85. The van der Waals surface area contributed by atoms with Crippen molar-refractivity contribution in [1.29, 1.82) is 0 Å². The Bertz CT molecular complexity index is 450. The third kappa shape index (κ3) is 1.55. The minimum absolute atomic E-state index is 0.890. The maximum absolute atomic E-state index is 5.89. The molecule has 0 bridgehead atoms. The Hall–Kier alpha value is 0.0600. The molecule has 68 valence electrons. The first kappa shape index (κ1) is 9.61. The minimum atomic E-state index is 0.890. The summed E-state index contributed by atoms with van der Waals surface area (Å²) in [4.78, 5) is 1.33. The van der Waals surface area contributed by atoms with Gasteiger partial charge in [-0.25, -0.2) is 0 Å². The fourth-order valence-electron chi connectivity index (χ4n) is 1.25. The van der Waals surface area contributed by atoms with Crippen molar-refractivity contribution in [3.05, 3.63) is 21.1 Å². The lowest BCUT2D eigenvalue weighted by Gasteiger charge is -2.00. The zero-order chi connectivity index (χ0) is 9.42. The first-order valence-electron chi connectivity index (χ1n) is 3.73. The molecule has 2 aromatic rings. The van der Waals surface area contributed by atoms with Gasteiger partial charge in [0.2, 0.25) is 0 Å². The number of thiophene rings is 1. The number of hydrogen-bond acceptors (Lipinski definition) is 3. The van der Waals surface area contributed by atoms with Gasteiger partial charge in [0.25, 0.3) is 0 Å². The van der Waals surface area contributed by atoms with Gasteiger partial charge >= 0.3 is 0 Å². The van der Waals surface area contributed by atoms with E-state index < -0.39 is 0 Å². The molecule has 1 heterocycles. The number of halogens is 1. The highest BCUT2D eigenvalue weighted by molar-refractivity contribution is 14.1. The molecule has 0 saturated carbocycles. The SMILES string of the molecule is CSc1csc2c(N)ccc(I)c12. The van der Waals surface area contributed by atoms with Crippen LogP contribution in [0.2, 0.25) is 0 Å². The van der Waals surface area contributed by atoms with Gasteiger partial charge in [0.1, 0.15) is 0 Å². The van der Waals surface area contributed by atoms with Crippen LogP contribution in [0.5, 0.6) is 0 Å². The molecule has 0 unspecified atom stereocenters. The Morgan fingerprint density at radius 3 is 2.92 bits per heavy atom. The molecule has 0 aliphatic carbocycles. The van der Waals surface area contributed by atoms with E-state index in [-0.39, 0.29) is 0 Å². The second kappa shape index (κ2) is 3.67. The van der Waals surface area contributed by atoms with Gasteiger partial charge in [0.05, 0.1) is 4.70 Å². The highest BCUT2D eigenvalue weighted by atomic mass is 127. The van der Waals surface area contributed by atoms with Gasteiger partial charge in [-0.1, -0.05) is 0 Å². The summed E-state index contributed by atoms with van der Waals surface area (Å²) in [7, 11) is 0. The highest BCUT2D eigenvalue weighted by Crippen LogP contribution is 2.38. The van der Waals surface area contributed by atoms with Crippen LogP contribution in [0.3, 0.4) is 0 Å². The molecule has 0 radical (unpaired) electrons. The molecule has 1 aromatic heterocycles.